The fraction of sp³-hybridized carbons (Fsp3) is 0.143. The molecule has 1 N–H and O–H groups in total. The summed E-state index contributed by atoms with van der Waals surface area (Å²) in [5, 5.41) is 5.72. The molecule has 0 aliphatic heterocycles. The lowest BCUT2D eigenvalue weighted by molar-refractivity contribution is -0.115. The van der Waals surface area contributed by atoms with Gasteiger partial charge in [-0.2, -0.15) is 0 Å². The van der Waals surface area contributed by atoms with E-state index in [0.29, 0.717) is 22.3 Å². The van der Waals surface area contributed by atoms with E-state index in [0.717, 1.165) is 27.7 Å². The monoisotopic (exact) mass is 445 g/mol. The van der Waals surface area contributed by atoms with Crippen LogP contribution in [0.15, 0.2) is 54.0 Å². The number of aromatic nitrogens is 2. The van der Waals surface area contributed by atoms with Crippen molar-refractivity contribution in [1.82, 2.24) is 9.38 Å². The highest BCUT2D eigenvalue weighted by molar-refractivity contribution is 7.15. The van der Waals surface area contributed by atoms with Gasteiger partial charge < -0.3 is 10.1 Å². The highest BCUT2D eigenvalue weighted by Crippen LogP contribution is 2.26. The molecule has 0 saturated carbocycles. The fourth-order valence-electron chi connectivity index (χ4n) is 2.98. The number of fused-ring (bicyclic) bond motifs is 1. The molecular weight excluding hydrogens is 429 g/mol. The molecule has 4 rings (SSSR count). The number of thiazole rings is 1. The maximum atomic E-state index is 12.5. The molecule has 0 unspecified atom stereocenters. The average molecular weight is 446 g/mol. The van der Waals surface area contributed by atoms with Crippen molar-refractivity contribution in [2.45, 2.75) is 13.3 Å². The molecule has 148 valence electrons. The molecule has 4 aromatic rings. The molecule has 2 aromatic heterocycles. The Hall–Kier alpha value is -2.54. The molecule has 0 spiro atoms. The van der Waals surface area contributed by atoms with Gasteiger partial charge in [0.05, 0.1) is 18.7 Å². The molecule has 0 saturated heterocycles. The molecule has 0 atom stereocenters. The van der Waals surface area contributed by atoms with Crippen molar-refractivity contribution in [3.8, 4) is 17.0 Å². The summed E-state index contributed by atoms with van der Waals surface area (Å²) in [5.41, 5.74) is 3.27. The van der Waals surface area contributed by atoms with E-state index < -0.39 is 0 Å². The Labute approximate surface area is 181 Å². The largest absolute Gasteiger partial charge is 0.494 e. The Morgan fingerprint density at radius 3 is 2.59 bits per heavy atom. The predicted molar refractivity (Wildman–Crippen MR) is 118 cm³/mol. The summed E-state index contributed by atoms with van der Waals surface area (Å²) in [5.74, 6) is 0.676. The normalized spacial score (nSPS) is 11.0. The lowest BCUT2D eigenvalue weighted by Gasteiger charge is -2.06. The number of nitrogens with zero attached hydrogens (tertiary/aromatic N) is 2. The van der Waals surface area contributed by atoms with E-state index in [1.165, 1.54) is 11.3 Å². The molecule has 2 heterocycles. The quantitative estimate of drug-likeness (QED) is 0.398. The summed E-state index contributed by atoms with van der Waals surface area (Å²) < 4.78 is 7.43. The van der Waals surface area contributed by atoms with Gasteiger partial charge in [-0.05, 0) is 49.4 Å². The minimum absolute atomic E-state index is 0.153. The molecule has 0 radical (unpaired) electrons. The van der Waals surface area contributed by atoms with Crippen LogP contribution in [0, 0.1) is 0 Å². The summed E-state index contributed by atoms with van der Waals surface area (Å²) in [7, 11) is 0. The first-order valence-corrected chi connectivity index (χ1v) is 10.6. The number of amides is 1. The van der Waals surface area contributed by atoms with Crippen LogP contribution in [-0.4, -0.2) is 21.9 Å². The summed E-state index contributed by atoms with van der Waals surface area (Å²) in [6, 6.07) is 12.8. The van der Waals surface area contributed by atoms with Gasteiger partial charge in [-0.1, -0.05) is 23.2 Å². The van der Waals surface area contributed by atoms with Crippen LogP contribution >= 0.6 is 34.5 Å². The number of benzene rings is 2. The highest BCUT2D eigenvalue weighted by atomic mass is 35.5. The van der Waals surface area contributed by atoms with Crippen molar-refractivity contribution in [3.63, 3.8) is 0 Å². The Balaban J connectivity index is 1.52. The third-order valence-electron chi connectivity index (χ3n) is 4.23. The van der Waals surface area contributed by atoms with Gasteiger partial charge in [0, 0.05) is 38.6 Å². The first-order valence-electron chi connectivity index (χ1n) is 8.96. The van der Waals surface area contributed by atoms with Crippen LogP contribution in [0.25, 0.3) is 16.2 Å². The standard InChI is InChI=1S/C21H17Cl2N3O2S/c1-2-28-18-5-3-13(4-6-18)19-11-26-17(12-29-21(26)25-19)10-20(27)24-16-8-14(22)7-15(23)9-16/h3-9,11-12H,2,10H2,1H3,(H,24,27). The zero-order chi connectivity index (χ0) is 20.4. The molecule has 0 bridgehead atoms. The predicted octanol–water partition coefficient (Wildman–Crippen LogP) is 5.95. The summed E-state index contributed by atoms with van der Waals surface area (Å²) in [6.45, 7) is 2.59. The number of anilines is 1. The second-order valence-electron chi connectivity index (χ2n) is 6.35. The molecule has 1 amide bonds. The van der Waals surface area contributed by atoms with Crippen LogP contribution in [0.5, 0.6) is 5.75 Å². The van der Waals surface area contributed by atoms with Crippen LogP contribution in [0.3, 0.4) is 0 Å². The van der Waals surface area contributed by atoms with E-state index in [4.69, 9.17) is 27.9 Å². The van der Waals surface area contributed by atoms with E-state index in [1.807, 2.05) is 47.2 Å². The third kappa shape index (κ3) is 4.56. The van der Waals surface area contributed by atoms with Gasteiger partial charge in [-0.15, -0.1) is 11.3 Å². The molecular formula is C21H17Cl2N3O2S. The van der Waals surface area contributed by atoms with Gasteiger partial charge >= 0.3 is 0 Å². The van der Waals surface area contributed by atoms with Gasteiger partial charge in [0.15, 0.2) is 4.96 Å². The lowest BCUT2D eigenvalue weighted by Crippen LogP contribution is -2.15. The zero-order valence-corrected chi connectivity index (χ0v) is 17.8. The van der Waals surface area contributed by atoms with Crippen molar-refractivity contribution in [2.24, 2.45) is 0 Å². The fourth-order valence-corrected chi connectivity index (χ4v) is 4.38. The smallest absolute Gasteiger partial charge is 0.230 e. The van der Waals surface area contributed by atoms with Crippen molar-refractivity contribution >= 4 is 51.1 Å². The Bertz CT molecular complexity index is 1150. The number of hydrogen-bond acceptors (Lipinski definition) is 4. The average Bonchev–Trinajstić information content (AvgIpc) is 3.24. The highest BCUT2D eigenvalue weighted by Gasteiger charge is 2.13. The number of imidazole rings is 1. The number of nitrogens with one attached hydrogen (secondary N) is 1. The van der Waals surface area contributed by atoms with Crippen molar-refractivity contribution < 1.29 is 9.53 Å². The minimum Gasteiger partial charge on any atom is -0.494 e. The third-order valence-corrected chi connectivity index (χ3v) is 5.56. The van der Waals surface area contributed by atoms with Crippen LogP contribution in [0.2, 0.25) is 10.0 Å². The summed E-state index contributed by atoms with van der Waals surface area (Å²) >= 11 is 13.5. The summed E-state index contributed by atoms with van der Waals surface area (Å²) in [6.07, 6.45) is 2.16. The van der Waals surface area contributed by atoms with Gasteiger partial charge in [0.1, 0.15) is 5.75 Å². The van der Waals surface area contributed by atoms with E-state index in [2.05, 4.69) is 10.3 Å². The van der Waals surface area contributed by atoms with E-state index in [-0.39, 0.29) is 12.3 Å². The molecule has 2 aromatic carbocycles. The number of carbonyl (C=O) groups excluding carboxylic acids is 1. The molecule has 8 heteroatoms. The van der Waals surface area contributed by atoms with Gasteiger partial charge in [-0.3, -0.25) is 9.20 Å². The van der Waals surface area contributed by atoms with E-state index >= 15 is 0 Å². The van der Waals surface area contributed by atoms with Crippen LogP contribution in [0.4, 0.5) is 5.69 Å². The van der Waals surface area contributed by atoms with Crippen molar-refractivity contribution in [3.05, 3.63) is 69.8 Å². The Morgan fingerprint density at radius 2 is 1.90 bits per heavy atom. The number of ether oxygens (including phenoxy) is 1. The van der Waals surface area contributed by atoms with Gasteiger partial charge in [-0.25, -0.2) is 4.98 Å². The first-order chi connectivity index (χ1) is 14.0. The number of halogens is 2. The Morgan fingerprint density at radius 1 is 1.17 bits per heavy atom. The zero-order valence-electron chi connectivity index (χ0n) is 15.5. The maximum absolute atomic E-state index is 12.5. The van der Waals surface area contributed by atoms with Gasteiger partial charge in [0.2, 0.25) is 5.91 Å². The topological polar surface area (TPSA) is 55.6 Å². The number of hydrogen-bond donors (Lipinski definition) is 1. The maximum Gasteiger partial charge on any atom is 0.230 e. The SMILES string of the molecule is CCOc1ccc(-c2cn3c(CC(=O)Nc4cc(Cl)cc(Cl)c4)csc3n2)cc1. The first kappa shape index (κ1) is 19.8. The second-order valence-corrected chi connectivity index (χ2v) is 8.06. The minimum atomic E-state index is -0.153. The Kier molecular flexibility index (Phi) is 5.76. The van der Waals surface area contributed by atoms with E-state index in [1.54, 1.807) is 18.2 Å². The van der Waals surface area contributed by atoms with Crippen molar-refractivity contribution in [1.29, 1.82) is 0 Å². The van der Waals surface area contributed by atoms with Crippen LogP contribution < -0.4 is 10.1 Å². The molecule has 29 heavy (non-hydrogen) atoms. The number of rotatable bonds is 6. The van der Waals surface area contributed by atoms with Crippen LogP contribution in [-0.2, 0) is 11.2 Å². The summed E-state index contributed by atoms with van der Waals surface area (Å²) in [4.78, 5) is 18.0. The lowest BCUT2D eigenvalue weighted by atomic mass is 10.1. The number of carbonyl (C=O) groups is 1. The molecule has 0 aliphatic carbocycles. The molecule has 0 aliphatic rings. The second kappa shape index (κ2) is 8.45. The van der Waals surface area contributed by atoms with Crippen molar-refractivity contribution in [2.75, 3.05) is 11.9 Å². The van der Waals surface area contributed by atoms with Gasteiger partial charge in [0.25, 0.3) is 0 Å². The molecule has 5 nitrogen and oxygen atoms in total. The van der Waals surface area contributed by atoms with E-state index in [9.17, 15) is 4.79 Å². The van der Waals surface area contributed by atoms with Crippen LogP contribution in [0.1, 0.15) is 12.6 Å². The molecule has 0 fully saturated rings.